The summed E-state index contributed by atoms with van der Waals surface area (Å²) in [6.07, 6.45) is 4.80. The van der Waals surface area contributed by atoms with Crippen molar-refractivity contribution in [3.63, 3.8) is 0 Å². The van der Waals surface area contributed by atoms with Gasteiger partial charge in [-0.1, -0.05) is 19.8 Å². The van der Waals surface area contributed by atoms with Crippen LogP contribution in [0.2, 0.25) is 0 Å². The number of carbonyl (C=O) groups is 2. The summed E-state index contributed by atoms with van der Waals surface area (Å²) in [4.78, 5) is 30.0. The molecule has 1 aromatic heterocycles. The maximum atomic E-state index is 12.5. The lowest BCUT2D eigenvalue weighted by atomic mass is 10.1. The summed E-state index contributed by atoms with van der Waals surface area (Å²) in [5.74, 6) is -1.08. The molecule has 1 amide bonds. The van der Waals surface area contributed by atoms with Gasteiger partial charge in [0.1, 0.15) is 4.88 Å². The van der Waals surface area contributed by atoms with Crippen molar-refractivity contribution in [2.45, 2.75) is 45.4 Å². The number of rotatable bonds is 5. The van der Waals surface area contributed by atoms with Gasteiger partial charge in [0.25, 0.3) is 5.91 Å². The molecule has 0 aliphatic heterocycles. The lowest BCUT2D eigenvalue weighted by molar-refractivity contribution is -0.141. The van der Waals surface area contributed by atoms with Crippen LogP contribution in [0, 0.1) is 12.8 Å². The third kappa shape index (κ3) is 3.61. The van der Waals surface area contributed by atoms with Crippen molar-refractivity contribution in [3.05, 3.63) is 15.6 Å². The third-order valence-corrected chi connectivity index (χ3v) is 5.34. The Kier molecular flexibility index (Phi) is 4.98. The number of thiazole rings is 1. The second-order valence-electron chi connectivity index (χ2n) is 5.87. The van der Waals surface area contributed by atoms with Crippen LogP contribution in [-0.4, -0.2) is 40.5 Å². The molecule has 1 aromatic rings. The van der Waals surface area contributed by atoms with E-state index in [-0.39, 0.29) is 12.5 Å². The van der Waals surface area contributed by atoms with E-state index in [9.17, 15) is 9.59 Å². The Morgan fingerprint density at radius 1 is 1.43 bits per heavy atom. The predicted molar refractivity (Wildman–Crippen MR) is 81.8 cm³/mol. The highest BCUT2D eigenvalue weighted by atomic mass is 32.1. The van der Waals surface area contributed by atoms with Crippen molar-refractivity contribution in [1.29, 1.82) is 0 Å². The first-order chi connectivity index (χ1) is 9.90. The van der Waals surface area contributed by atoms with E-state index in [1.54, 1.807) is 14.0 Å². The van der Waals surface area contributed by atoms with E-state index in [2.05, 4.69) is 4.98 Å². The Labute approximate surface area is 129 Å². The van der Waals surface area contributed by atoms with E-state index >= 15 is 0 Å². The van der Waals surface area contributed by atoms with E-state index in [4.69, 9.17) is 5.11 Å². The number of hydrogen-bond acceptors (Lipinski definition) is 4. The van der Waals surface area contributed by atoms with Gasteiger partial charge in [0.2, 0.25) is 0 Å². The lowest BCUT2D eigenvalue weighted by Crippen LogP contribution is -2.33. The first-order valence-electron chi connectivity index (χ1n) is 7.35. The van der Waals surface area contributed by atoms with Gasteiger partial charge < -0.3 is 10.0 Å². The van der Waals surface area contributed by atoms with Crippen molar-refractivity contribution >= 4 is 23.2 Å². The molecule has 0 bridgehead atoms. The average Bonchev–Trinajstić information content (AvgIpc) is 3.06. The first kappa shape index (κ1) is 15.9. The van der Waals surface area contributed by atoms with Gasteiger partial charge in [-0.05, 0) is 19.8 Å². The Bertz CT molecular complexity index is 535. The van der Waals surface area contributed by atoms with Crippen molar-refractivity contribution in [3.8, 4) is 0 Å². The van der Waals surface area contributed by atoms with Crippen LogP contribution in [-0.2, 0) is 4.79 Å². The summed E-state index contributed by atoms with van der Waals surface area (Å²) in [6, 6.07) is 0. The highest BCUT2D eigenvalue weighted by molar-refractivity contribution is 7.13. The van der Waals surface area contributed by atoms with Crippen molar-refractivity contribution in [2.75, 3.05) is 13.6 Å². The molecule has 116 valence electrons. The molecule has 1 aliphatic carbocycles. The second-order valence-corrected chi connectivity index (χ2v) is 6.90. The first-order valence-corrected chi connectivity index (χ1v) is 8.17. The maximum Gasteiger partial charge on any atom is 0.308 e. The van der Waals surface area contributed by atoms with E-state index < -0.39 is 11.9 Å². The number of carbonyl (C=O) groups excluding carboxylic acids is 1. The fourth-order valence-electron chi connectivity index (χ4n) is 2.71. The molecule has 0 aromatic carbocycles. The number of aryl methyl sites for hydroxylation is 1. The molecule has 0 radical (unpaired) electrons. The summed E-state index contributed by atoms with van der Waals surface area (Å²) in [6.45, 7) is 3.68. The fraction of sp³-hybridized carbons (Fsp3) is 0.667. The molecule has 0 saturated heterocycles. The van der Waals surface area contributed by atoms with Gasteiger partial charge in [-0.3, -0.25) is 9.59 Å². The minimum atomic E-state index is -0.887. The van der Waals surface area contributed by atoms with E-state index in [0.717, 1.165) is 23.5 Å². The number of aliphatic carboxylic acids is 1. The van der Waals surface area contributed by atoms with Gasteiger partial charge >= 0.3 is 5.97 Å². The van der Waals surface area contributed by atoms with Crippen LogP contribution in [0.4, 0.5) is 0 Å². The lowest BCUT2D eigenvalue weighted by Gasteiger charge is -2.18. The maximum absolute atomic E-state index is 12.5. The molecule has 5 nitrogen and oxygen atoms in total. The smallest absolute Gasteiger partial charge is 0.308 e. The number of carboxylic acid groups (broad SMARTS) is 1. The highest BCUT2D eigenvalue weighted by Crippen LogP contribution is 2.37. The quantitative estimate of drug-likeness (QED) is 0.908. The van der Waals surface area contributed by atoms with Crippen molar-refractivity contribution < 1.29 is 14.7 Å². The molecule has 1 atom stereocenters. The van der Waals surface area contributed by atoms with E-state index in [1.165, 1.54) is 29.1 Å². The SMILES string of the molecule is Cc1nc(C2CCCC2)sc1C(=O)N(C)CC(C)C(=O)O. The minimum Gasteiger partial charge on any atom is -0.481 e. The largest absolute Gasteiger partial charge is 0.481 e. The number of carboxylic acids is 1. The van der Waals surface area contributed by atoms with Crippen LogP contribution in [0.1, 0.15) is 58.9 Å². The summed E-state index contributed by atoms with van der Waals surface area (Å²) in [5, 5.41) is 10.0. The molecule has 0 spiro atoms. The normalized spacial score (nSPS) is 16.9. The van der Waals surface area contributed by atoms with E-state index in [0.29, 0.717) is 10.8 Å². The molecular formula is C15H22N2O3S. The molecule has 1 heterocycles. The Morgan fingerprint density at radius 3 is 2.62 bits per heavy atom. The van der Waals surface area contributed by atoms with Gasteiger partial charge in [-0.25, -0.2) is 4.98 Å². The molecule has 1 saturated carbocycles. The minimum absolute atomic E-state index is 0.123. The topological polar surface area (TPSA) is 70.5 Å². The van der Waals surface area contributed by atoms with Crippen LogP contribution in [0.3, 0.4) is 0 Å². The van der Waals surface area contributed by atoms with Gasteiger partial charge in [0.05, 0.1) is 16.6 Å². The monoisotopic (exact) mass is 310 g/mol. The van der Waals surface area contributed by atoms with Gasteiger partial charge in [-0.15, -0.1) is 11.3 Å². The zero-order valence-corrected chi connectivity index (χ0v) is 13.6. The van der Waals surface area contributed by atoms with Gasteiger partial charge in [0, 0.05) is 19.5 Å². The molecule has 2 rings (SSSR count). The standard InChI is InChI=1S/C15H22N2O3S/c1-9(15(19)20)8-17(3)14(18)12-10(2)16-13(21-12)11-6-4-5-7-11/h9,11H,4-8H2,1-3H3,(H,19,20). The zero-order valence-electron chi connectivity index (χ0n) is 12.8. The fourth-order valence-corrected chi connectivity index (χ4v) is 3.94. The Morgan fingerprint density at radius 2 is 2.05 bits per heavy atom. The van der Waals surface area contributed by atoms with Gasteiger partial charge in [0.15, 0.2) is 0 Å². The average molecular weight is 310 g/mol. The zero-order chi connectivity index (χ0) is 15.6. The summed E-state index contributed by atoms with van der Waals surface area (Å²) >= 11 is 1.48. The number of hydrogen-bond donors (Lipinski definition) is 1. The van der Waals surface area contributed by atoms with Crippen LogP contribution < -0.4 is 0 Å². The summed E-state index contributed by atoms with van der Waals surface area (Å²) in [5.41, 5.74) is 0.765. The predicted octanol–water partition coefficient (Wildman–Crippen LogP) is 2.90. The van der Waals surface area contributed by atoms with Crippen LogP contribution >= 0.6 is 11.3 Å². The van der Waals surface area contributed by atoms with Crippen LogP contribution in [0.25, 0.3) is 0 Å². The third-order valence-electron chi connectivity index (χ3n) is 4.03. The van der Waals surface area contributed by atoms with Crippen molar-refractivity contribution in [2.24, 2.45) is 5.92 Å². The van der Waals surface area contributed by atoms with Crippen LogP contribution in [0.5, 0.6) is 0 Å². The van der Waals surface area contributed by atoms with E-state index in [1.807, 2.05) is 6.92 Å². The molecule has 1 unspecified atom stereocenters. The summed E-state index contributed by atoms with van der Waals surface area (Å²) < 4.78 is 0. The Balaban J connectivity index is 2.09. The van der Waals surface area contributed by atoms with Crippen LogP contribution in [0.15, 0.2) is 0 Å². The Hall–Kier alpha value is -1.43. The molecule has 1 N–H and O–H groups in total. The van der Waals surface area contributed by atoms with Gasteiger partial charge in [-0.2, -0.15) is 0 Å². The molecule has 1 fully saturated rings. The molecule has 21 heavy (non-hydrogen) atoms. The number of nitrogens with zero attached hydrogens (tertiary/aromatic N) is 2. The second kappa shape index (κ2) is 6.56. The van der Waals surface area contributed by atoms with Crippen molar-refractivity contribution in [1.82, 2.24) is 9.88 Å². The molecule has 1 aliphatic rings. The summed E-state index contributed by atoms with van der Waals surface area (Å²) in [7, 11) is 1.65. The molecule has 6 heteroatoms. The molecular weight excluding hydrogens is 288 g/mol. The highest BCUT2D eigenvalue weighted by Gasteiger charge is 2.26. The number of aromatic nitrogens is 1. The number of amides is 1.